The Kier molecular flexibility index (Phi) is 3.72. The Hall–Kier alpha value is -3.53. The number of aliphatic hydroxyl groups is 1. The van der Waals surface area contributed by atoms with E-state index in [0.717, 1.165) is 10.9 Å². The summed E-state index contributed by atoms with van der Waals surface area (Å²) in [6, 6.07) is 7.74. The number of carboxylic acids is 1. The third-order valence-corrected chi connectivity index (χ3v) is 4.86. The maximum atomic E-state index is 11.2. The highest BCUT2D eigenvalue weighted by Gasteiger charge is 2.25. The molecule has 28 heavy (non-hydrogen) atoms. The van der Waals surface area contributed by atoms with Gasteiger partial charge in [-0.1, -0.05) is 18.2 Å². The first-order valence-electron chi connectivity index (χ1n) is 8.91. The second kappa shape index (κ2) is 6.27. The Bertz CT molecular complexity index is 1200. The average molecular weight is 379 g/mol. The molecule has 0 saturated carbocycles. The number of hydrogen-bond donors (Lipinski definition) is 2. The number of nitrogens with zero attached hydrogens (tertiary/aromatic N) is 7. The van der Waals surface area contributed by atoms with Crippen molar-refractivity contribution in [2.75, 3.05) is 18.0 Å². The van der Waals surface area contributed by atoms with Crippen LogP contribution in [0.1, 0.15) is 6.42 Å². The molecule has 0 bridgehead atoms. The number of hydrogen-bond acceptors (Lipinski definition) is 7. The molecule has 1 saturated heterocycles. The third-order valence-electron chi connectivity index (χ3n) is 4.86. The van der Waals surface area contributed by atoms with Crippen molar-refractivity contribution in [1.82, 2.24) is 29.3 Å². The lowest BCUT2D eigenvalue weighted by atomic mass is 10.2. The molecule has 10 nitrogen and oxygen atoms in total. The van der Waals surface area contributed by atoms with E-state index in [1.165, 1.54) is 10.9 Å². The largest absolute Gasteiger partial charge is 0.480 e. The SMILES string of the molecule is O=C(O)Cn1cnc2c(-n3ncc4ccccc43)nc(N3CC[C@@H](O)C3)nc21. The number of aromatic nitrogens is 6. The summed E-state index contributed by atoms with van der Waals surface area (Å²) in [5, 5.41) is 24.5. The van der Waals surface area contributed by atoms with Crippen molar-refractivity contribution in [3.63, 3.8) is 0 Å². The maximum absolute atomic E-state index is 11.2. The molecular weight excluding hydrogens is 362 g/mol. The van der Waals surface area contributed by atoms with Crippen molar-refractivity contribution in [2.45, 2.75) is 19.1 Å². The molecule has 1 aromatic carbocycles. The number of imidazole rings is 1. The number of fused-ring (bicyclic) bond motifs is 2. The highest BCUT2D eigenvalue weighted by atomic mass is 16.4. The number of anilines is 1. The zero-order valence-electron chi connectivity index (χ0n) is 14.8. The third kappa shape index (κ3) is 2.65. The van der Waals surface area contributed by atoms with Crippen LogP contribution in [0, 0.1) is 0 Å². The van der Waals surface area contributed by atoms with E-state index >= 15 is 0 Å². The van der Waals surface area contributed by atoms with Crippen molar-refractivity contribution in [3.8, 4) is 5.82 Å². The number of β-amino-alcohol motifs (C(OH)–C–C–N with tert-alkyl or cyclic N) is 1. The van der Waals surface area contributed by atoms with Gasteiger partial charge in [-0.05, 0) is 12.5 Å². The van der Waals surface area contributed by atoms with Crippen molar-refractivity contribution < 1.29 is 15.0 Å². The van der Waals surface area contributed by atoms with Crippen LogP contribution in [0.4, 0.5) is 5.95 Å². The van der Waals surface area contributed by atoms with Gasteiger partial charge in [0.1, 0.15) is 6.54 Å². The van der Waals surface area contributed by atoms with Crippen LogP contribution in [0.25, 0.3) is 27.9 Å². The normalized spacial score (nSPS) is 17.0. The predicted molar refractivity (Wildman–Crippen MR) is 100 cm³/mol. The van der Waals surface area contributed by atoms with Gasteiger partial charge in [-0.25, -0.2) is 9.67 Å². The molecule has 1 fully saturated rings. The van der Waals surface area contributed by atoms with Crippen molar-refractivity contribution >= 4 is 34.0 Å². The van der Waals surface area contributed by atoms with Gasteiger partial charge in [-0.15, -0.1) is 0 Å². The lowest BCUT2D eigenvalue weighted by Gasteiger charge is -2.17. The molecule has 3 aromatic heterocycles. The number of para-hydroxylation sites is 1. The van der Waals surface area contributed by atoms with Gasteiger partial charge in [-0.2, -0.15) is 15.1 Å². The van der Waals surface area contributed by atoms with Gasteiger partial charge >= 0.3 is 5.97 Å². The van der Waals surface area contributed by atoms with Crippen LogP contribution < -0.4 is 4.90 Å². The number of aliphatic carboxylic acids is 1. The predicted octanol–water partition coefficient (Wildman–Crippen LogP) is 0.821. The van der Waals surface area contributed by atoms with E-state index in [1.54, 1.807) is 10.9 Å². The monoisotopic (exact) mass is 379 g/mol. The standard InChI is InChI=1S/C18H17N7O3/c26-12-5-6-23(8-12)18-21-16-15(19-10-24(16)9-14(27)28)17(22-18)25-13-4-2-1-3-11(13)7-20-25/h1-4,7,10,12,26H,5-6,8-9H2,(H,27,28)/t12-/m1/s1. The summed E-state index contributed by atoms with van der Waals surface area (Å²) in [7, 11) is 0. The van der Waals surface area contributed by atoms with Crippen molar-refractivity contribution in [3.05, 3.63) is 36.8 Å². The summed E-state index contributed by atoms with van der Waals surface area (Å²) in [4.78, 5) is 26.7. The molecule has 0 aliphatic carbocycles. The van der Waals surface area contributed by atoms with Crippen LogP contribution in [0.2, 0.25) is 0 Å². The van der Waals surface area contributed by atoms with Crippen LogP contribution >= 0.6 is 0 Å². The van der Waals surface area contributed by atoms with Crippen molar-refractivity contribution in [2.24, 2.45) is 0 Å². The Morgan fingerprint density at radius 3 is 2.89 bits per heavy atom. The maximum Gasteiger partial charge on any atom is 0.323 e. The second-order valence-electron chi connectivity index (χ2n) is 6.79. The van der Waals surface area contributed by atoms with Gasteiger partial charge in [0, 0.05) is 18.5 Å². The summed E-state index contributed by atoms with van der Waals surface area (Å²) >= 11 is 0. The van der Waals surface area contributed by atoms with E-state index in [-0.39, 0.29) is 6.54 Å². The van der Waals surface area contributed by atoms with Gasteiger partial charge in [0.15, 0.2) is 17.0 Å². The molecule has 5 rings (SSSR count). The number of benzene rings is 1. The molecule has 1 aliphatic rings. The Morgan fingerprint density at radius 1 is 1.25 bits per heavy atom. The molecule has 4 aromatic rings. The van der Waals surface area contributed by atoms with Gasteiger partial charge in [0.2, 0.25) is 5.95 Å². The summed E-state index contributed by atoms with van der Waals surface area (Å²) in [5.74, 6) is -0.0837. The minimum Gasteiger partial charge on any atom is -0.480 e. The highest BCUT2D eigenvalue weighted by molar-refractivity contribution is 5.86. The zero-order chi connectivity index (χ0) is 19.3. The van der Waals surface area contributed by atoms with E-state index in [2.05, 4.69) is 20.1 Å². The number of aliphatic hydroxyl groups excluding tert-OH is 1. The van der Waals surface area contributed by atoms with Gasteiger partial charge in [0.05, 0.1) is 24.1 Å². The van der Waals surface area contributed by atoms with Crippen LogP contribution in [0.15, 0.2) is 36.8 Å². The molecule has 1 atom stereocenters. The van der Waals surface area contributed by atoms with Gasteiger partial charge in [0.25, 0.3) is 0 Å². The van der Waals surface area contributed by atoms with Gasteiger partial charge in [-0.3, -0.25) is 4.79 Å². The molecule has 0 spiro atoms. The Balaban J connectivity index is 1.75. The summed E-state index contributed by atoms with van der Waals surface area (Å²) in [5.41, 5.74) is 1.75. The zero-order valence-corrected chi connectivity index (χ0v) is 14.8. The Labute approximate surface area is 158 Å². The summed E-state index contributed by atoms with van der Waals surface area (Å²) in [6.07, 6.45) is 3.40. The molecule has 0 radical (unpaired) electrons. The lowest BCUT2D eigenvalue weighted by Crippen LogP contribution is -2.24. The number of rotatable bonds is 4. The fourth-order valence-corrected chi connectivity index (χ4v) is 3.53. The Morgan fingerprint density at radius 2 is 2.11 bits per heavy atom. The smallest absolute Gasteiger partial charge is 0.323 e. The summed E-state index contributed by atoms with van der Waals surface area (Å²) < 4.78 is 3.16. The van der Waals surface area contributed by atoms with Crippen LogP contribution in [-0.4, -0.2) is 64.7 Å². The summed E-state index contributed by atoms with van der Waals surface area (Å²) in [6.45, 7) is 0.797. The lowest BCUT2D eigenvalue weighted by molar-refractivity contribution is -0.137. The molecule has 142 valence electrons. The topological polar surface area (TPSA) is 122 Å². The number of carboxylic acid groups (broad SMARTS) is 1. The minimum atomic E-state index is -0.984. The molecule has 10 heteroatoms. The van der Waals surface area contributed by atoms with E-state index in [1.807, 2.05) is 29.2 Å². The van der Waals surface area contributed by atoms with Crippen molar-refractivity contribution in [1.29, 1.82) is 0 Å². The molecule has 2 N–H and O–H groups in total. The highest BCUT2D eigenvalue weighted by Crippen LogP contribution is 2.26. The fraction of sp³-hybridized carbons (Fsp3) is 0.278. The minimum absolute atomic E-state index is 0.255. The first kappa shape index (κ1) is 16.6. The van der Waals surface area contributed by atoms with E-state index in [9.17, 15) is 15.0 Å². The molecule has 4 heterocycles. The molecule has 0 unspecified atom stereocenters. The quantitative estimate of drug-likeness (QED) is 0.534. The molecular formula is C18H17N7O3. The molecule has 0 amide bonds. The first-order valence-corrected chi connectivity index (χ1v) is 8.91. The molecule has 1 aliphatic heterocycles. The van der Waals surface area contributed by atoms with E-state index in [0.29, 0.717) is 42.4 Å². The van der Waals surface area contributed by atoms with Crippen LogP contribution in [0.5, 0.6) is 0 Å². The number of carbonyl (C=O) groups is 1. The van der Waals surface area contributed by atoms with Gasteiger partial charge < -0.3 is 19.7 Å². The van der Waals surface area contributed by atoms with Crippen LogP contribution in [-0.2, 0) is 11.3 Å². The second-order valence-corrected chi connectivity index (χ2v) is 6.79. The average Bonchev–Trinajstić information content (AvgIpc) is 3.39. The van der Waals surface area contributed by atoms with Crippen LogP contribution in [0.3, 0.4) is 0 Å². The fourth-order valence-electron chi connectivity index (χ4n) is 3.53. The van der Waals surface area contributed by atoms with E-state index < -0.39 is 12.1 Å². The van der Waals surface area contributed by atoms with E-state index in [4.69, 9.17) is 0 Å². The first-order chi connectivity index (χ1) is 13.6.